The van der Waals surface area contributed by atoms with Crippen molar-refractivity contribution in [1.29, 1.82) is 0 Å². The van der Waals surface area contributed by atoms with Gasteiger partial charge in [-0.1, -0.05) is 11.2 Å². The monoisotopic (exact) mass is 551 g/mol. The molecule has 3 aromatic heterocycles. The topological polar surface area (TPSA) is 114 Å². The van der Waals surface area contributed by atoms with E-state index in [4.69, 9.17) is 10.3 Å². The fraction of sp³-hybridized carbons (Fsp3) is 0.375. The lowest BCUT2D eigenvalue weighted by atomic mass is 10.0. The molecule has 4 heterocycles. The fourth-order valence-corrected chi connectivity index (χ4v) is 5.14. The van der Waals surface area contributed by atoms with Crippen LogP contribution in [0.2, 0.25) is 0 Å². The molecule has 4 aromatic rings. The van der Waals surface area contributed by atoms with Gasteiger partial charge in [-0.05, 0) is 37.7 Å². The molecule has 1 aromatic carbocycles. The molecule has 9 nitrogen and oxygen atoms in total. The zero-order valence-electron chi connectivity index (χ0n) is 20.2. The highest BCUT2D eigenvalue weighted by atomic mass is 32.1. The molecule has 1 amide bonds. The predicted molar refractivity (Wildman–Crippen MR) is 136 cm³/mol. The number of carbonyl (C=O) groups excluding carboxylic acids is 1. The van der Waals surface area contributed by atoms with Crippen LogP contribution < -0.4 is 16.4 Å². The van der Waals surface area contributed by atoms with Crippen LogP contribution in [0.4, 0.5) is 28.3 Å². The summed E-state index contributed by atoms with van der Waals surface area (Å²) in [6.07, 6.45) is -6.61. The molecule has 3 atom stereocenters. The first-order valence-electron chi connectivity index (χ1n) is 11.8. The maximum Gasteiger partial charge on any atom is 0.288 e. The SMILES string of the molecule is CN1CC[C@@H](Nc2cccc3c2cc(-c2noc(CNC(=O)c4csc(N)c4)n2)n3C(F)C(F)F)[C@@H](F)C1. The van der Waals surface area contributed by atoms with Crippen molar-refractivity contribution in [2.24, 2.45) is 0 Å². The molecule has 1 unspecified atom stereocenters. The quantitative estimate of drug-likeness (QED) is 0.277. The number of alkyl halides is 4. The van der Waals surface area contributed by atoms with E-state index in [-0.39, 0.29) is 36.0 Å². The number of likely N-dealkylation sites (tertiary alicyclic amines) is 1. The lowest BCUT2D eigenvalue weighted by Crippen LogP contribution is -2.46. The fourth-order valence-electron chi connectivity index (χ4n) is 4.51. The number of nitrogens with one attached hydrogen (secondary N) is 2. The van der Waals surface area contributed by atoms with Crippen LogP contribution in [0.25, 0.3) is 22.4 Å². The number of nitrogens with two attached hydrogens (primary N) is 1. The first-order valence-corrected chi connectivity index (χ1v) is 12.7. The van der Waals surface area contributed by atoms with Gasteiger partial charge in [-0.25, -0.2) is 17.6 Å². The van der Waals surface area contributed by atoms with Crippen molar-refractivity contribution >= 4 is 38.8 Å². The van der Waals surface area contributed by atoms with Crippen LogP contribution in [0.15, 0.2) is 40.2 Å². The maximum absolute atomic E-state index is 14.9. The number of nitrogen functional groups attached to an aromatic ring is 1. The highest BCUT2D eigenvalue weighted by Gasteiger charge is 2.31. The van der Waals surface area contributed by atoms with Crippen LogP contribution in [0.1, 0.15) is 29.0 Å². The molecule has 1 aliphatic rings. The largest absolute Gasteiger partial charge is 0.391 e. The van der Waals surface area contributed by atoms with Gasteiger partial charge in [0.25, 0.3) is 12.3 Å². The Bertz CT molecular complexity index is 1440. The van der Waals surface area contributed by atoms with Gasteiger partial charge in [0, 0.05) is 29.5 Å². The van der Waals surface area contributed by atoms with Gasteiger partial charge in [0.15, 0.2) is 0 Å². The third-order valence-electron chi connectivity index (χ3n) is 6.40. The minimum absolute atomic E-state index is 0.00856. The lowest BCUT2D eigenvalue weighted by molar-refractivity contribution is 0.0114. The molecular weight excluding hydrogens is 526 g/mol. The number of nitrogens with zero attached hydrogens (tertiary/aromatic N) is 4. The first kappa shape index (κ1) is 26.0. The number of aromatic nitrogens is 3. The van der Waals surface area contributed by atoms with Crippen LogP contribution in [-0.2, 0) is 6.54 Å². The van der Waals surface area contributed by atoms with Crippen molar-refractivity contribution in [2.75, 3.05) is 31.2 Å². The van der Waals surface area contributed by atoms with Gasteiger partial charge in [0.2, 0.25) is 18.0 Å². The molecule has 202 valence electrons. The normalized spacial score (nSPS) is 19.2. The number of anilines is 2. The van der Waals surface area contributed by atoms with E-state index in [1.54, 1.807) is 17.5 Å². The molecule has 1 aliphatic heterocycles. The summed E-state index contributed by atoms with van der Waals surface area (Å²) in [4.78, 5) is 18.3. The van der Waals surface area contributed by atoms with Crippen LogP contribution in [-0.4, -0.2) is 64.3 Å². The highest BCUT2D eigenvalue weighted by Crippen LogP contribution is 2.37. The third kappa shape index (κ3) is 5.18. The lowest BCUT2D eigenvalue weighted by Gasteiger charge is -2.33. The molecule has 0 saturated carbocycles. The van der Waals surface area contributed by atoms with Gasteiger partial charge in [0.05, 0.1) is 34.4 Å². The summed E-state index contributed by atoms with van der Waals surface area (Å²) in [5, 5.41) is 12.1. The van der Waals surface area contributed by atoms with E-state index in [0.717, 1.165) is 4.57 Å². The Kier molecular flexibility index (Phi) is 7.25. The second kappa shape index (κ2) is 10.6. The van der Waals surface area contributed by atoms with Crippen LogP contribution in [0, 0.1) is 0 Å². The second-order valence-electron chi connectivity index (χ2n) is 9.09. The highest BCUT2D eigenvalue weighted by molar-refractivity contribution is 7.14. The maximum atomic E-state index is 14.9. The number of carbonyl (C=O) groups is 1. The van der Waals surface area contributed by atoms with Gasteiger partial charge in [-0.15, -0.1) is 11.3 Å². The number of piperidine rings is 1. The van der Waals surface area contributed by atoms with E-state index in [9.17, 15) is 22.4 Å². The molecular formula is C24H25F4N7O2S. The molecule has 14 heteroatoms. The number of hydrogen-bond donors (Lipinski definition) is 3. The van der Waals surface area contributed by atoms with Gasteiger partial charge >= 0.3 is 0 Å². The van der Waals surface area contributed by atoms with Crippen LogP contribution in [0.5, 0.6) is 0 Å². The number of fused-ring (bicyclic) bond motifs is 1. The van der Waals surface area contributed by atoms with Gasteiger partial charge < -0.3 is 30.4 Å². The zero-order chi connectivity index (χ0) is 27.0. The van der Waals surface area contributed by atoms with Crippen molar-refractivity contribution in [3.8, 4) is 11.5 Å². The average Bonchev–Trinajstić information content (AvgIpc) is 3.62. The van der Waals surface area contributed by atoms with E-state index in [0.29, 0.717) is 34.6 Å². The summed E-state index contributed by atoms with van der Waals surface area (Å²) in [5.41, 5.74) is 6.60. The summed E-state index contributed by atoms with van der Waals surface area (Å²) in [5.74, 6) is -0.558. The molecule has 0 aliphatic carbocycles. The summed E-state index contributed by atoms with van der Waals surface area (Å²) in [6, 6.07) is 7.26. The summed E-state index contributed by atoms with van der Waals surface area (Å²) in [6.45, 7) is 0.816. The van der Waals surface area contributed by atoms with Crippen molar-refractivity contribution in [1.82, 2.24) is 24.9 Å². The average molecular weight is 552 g/mol. The van der Waals surface area contributed by atoms with Crippen LogP contribution in [0.3, 0.4) is 0 Å². The summed E-state index contributed by atoms with van der Waals surface area (Å²) >= 11 is 1.21. The molecule has 38 heavy (non-hydrogen) atoms. The first-order chi connectivity index (χ1) is 18.2. The van der Waals surface area contributed by atoms with E-state index >= 15 is 0 Å². The van der Waals surface area contributed by atoms with E-state index in [1.807, 2.05) is 11.9 Å². The molecule has 4 N–H and O–H groups in total. The van der Waals surface area contributed by atoms with Crippen molar-refractivity contribution in [3.05, 3.63) is 47.2 Å². The second-order valence-corrected chi connectivity index (χ2v) is 10.0. The Labute approximate surface area is 218 Å². The van der Waals surface area contributed by atoms with E-state index in [1.165, 1.54) is 29.5 Å². The Morgan fingerprint density at radius 2 is 2.13 bits per heavy atom. The molecule has 1 fully saturated rings. The van der Waals surface area contributed by atoms with Gasteiger partial charge in [-0.2, -0.15) is 4.98 Å². The number of rotatable bonds is 8. The Balaban J connectivity index is 1.44. The Morgan fingerprint density at radius 1 is 1.32 bits per heavy atom. The zero-order valence-corrected chi connectivity index (χ0v) is 21.0. The van der Waals surface area contributed by atoms with Crippen molar-refractivity contribution < 1.29 is 26.9 Å². The van der Waals surface area contributed by atoms with Crippen molar-refractivity contribution in [3.63, 3.8) is 0 Å². The smallest absolute Gasteiger partial charge is 0.288 e. The Morgan fingerprint density at radius 3 is 2.84 bits per heavy atom. The van der Waals surface area contributed by atoms with Gasteiger partial charge in [-0.3, -0.25) is 4.79 Å². The van der Waals surface area contributed by atoms with Gasteiger partial charge in [0.1, 0.15) is 6.17 Å². The molecule has 5 rings (SSSR count). The summed E-state index contributed by atoms with van der Waals surface area (Å²) in [7, 11) is 1.84. The predicted octanol–water partition coefficient (Wildman–Crippen LogP) is 4.45. The molecule has 0 radical (unpaired) electrons. The Hall–Kier alpha value is -3.65. The standard InChI is InChI=1S/C24H25F4N7O2S/c1-34-6-5-16(14(25)10-34)31-15-3-2-4-17-13(15)8-18(35(17)22(28)21(26)27)23-32-20(37-33-23)9-30-24(36)12-7-19(29)38-11-12/h2-4,7-8,11,14,16,21-22,31H,5-6,9-10,29H2,1H3,(H,30,36)/t14-,16+,22?/m0/s1. The third-order valence-corrected chi connectivity index (χ3v) is 7.16. The van der Waals surface area contributed by atoms with Crippen molar-refractivity contribution in [2.45, 2.75) is 37.9 Å². The number of hydrogen-bond acceptors (Lipinski definition) is 8. The minimum Gasteiger partial charge on any atom is -0.391 e. The molecule has 0 spiro atoms. The minimum atomic E-state index is -3.33. The number of halogens is 4. The number of amides is 1. The summed E-state index contributed by atoms with van der Waals surface area (Å²) < 4.78 is 62.7. The van der Waals surface area contributed by atoms with Crippen LogP contribution >= 0.6 is 11.3 Å². The van der Waals surface area contributed by atoms with E-state index < -0.39 is 30.8 Å². The molecule has 1 saturated heterocycles. The van der Waals surface area contributed by atoms with E-state index in [2.05, 4.69) is 20.8 Å². The molecule has 0 bridgehead atoms. The number of benzene rings is 1. The number of thiophene rings is 1.